The number of carbonyl (C=O) groups is 1. The molecular weight excluding hydrogens is 362 g/mol. The van der Waals surface area contributed by atoms with Gasteiger partial charge in [-0.1, -0.05) is 30.8 Å². The minimum absolute atomic E-state index is 0.127. The second kappa shape index (κ2) is 8.59. The molecule has 0 fully saturated rings. The van der Waals surface area contributed by atoms with E-state index in [4.69, 9.17) is 10.6 Å². The Labute approximate surface area is 161 Å². The summed E-state index contributed by atoms with van der Waals surface area (Å²) in [5, 5.41) is 11.5. The van der Waals surface area contributed by atoms with Crippen LogP contribution in [0.15, 0.2) is 53.7 Å². The van der Waals surface area contributed by atoms with Crippen LogP contribution in [0.5, 0.6) is 5.75 Å². The average molecular weight is 383 g/mol. The molecule has 27 heavy (non-hydrogen) atoms. The van der Waals surface area contributed by atoms with Gasteiger partial charge in [-0.2, -0.15) is 0 Å². The normalized spacial score (nSPS) is 10.6. The van der Waals surface area contributed by atoms with Crippen molar-refractivity contribution in [1.29, 1.82) is 0 Å². The number of nitrogen functional groups attached to an aromatic ring is 1. The van der Waals surface area contributed by atoms with E-state index in [1.54, 1.807) is 7.11 Å². The third kappa shape index (κ3) is 4.59. The SMILES string of the molecule is CCc1ccc(NC(=O)CSc2nnc(-c3ccc(OC)cc3)n2N)cc1. The number of amides is 1. The van der Waals surface area contributed by atoms with Gasteiger partial charge in [0.1, 0.15) is 5.75 Å². The Bertz CT molecular complexity index is 907. The molecule has 0 unspecified atom stereocenters. The maximum Gasteiger partial charge on any atom is 0.234 e. The fourth-order valence-corrected chi connectivity index (χ4v) is 3.12. The van der Waals surface area contributed by atoms with Crippen LogP contribution in [-0.4, -0.2) is 33.6 Å². The van der Waals surface area contributed by atoms with E-state index in [1.807, 2.05) is 48.5 Å². The number of benzene rings is 2. The number of carbonyl (C=O) groups excluding carboxylic acids is 1. The van der Waals surface area contributed by atoms with Crippen LogP contribution in [0.4, 0.5) is 5.69 Å². The molecule has 3 rings (SSSR count). The molecule has 0 saturated heterocycles. The van der Waals surface area contributed by atoms with Crippen molar-refractivity contribution in [3.8, 4) is 17.1 Å². The van der Waals surface area contributed by atoms with Crippen LogP contribution >= 0.6 is 11.8 Å². The van der Waals surface area contributed by atoms with Crippen molar-refractivity contribution in [1.82, 2.24) is 14.9 Å². The van der Waals surface area contributed by atoms with Gasteiger partial charge in [0, 0.05) is 11.3 Å². The molecule has 7 nitrogen and oxygen atoms in total. The monoisotopic (exact) mass is 383 g/mol. The van der Waals surface area contributed by atoms with E-state index < -0.39 is 0 Å². The molecule has 0 aliphatic rings. The van der Waals surface area contributed by atoms with Gasteiger partial charge in [0.15, 0.2) is 5.82 Å². The molecule has 8 heteroatoms. The Kier molecular flexibility index (Phi) is 5.97. The fourth-order valence-electron chi connectivity index (χ4n) is 2.46. The van der Waals surface area contributed by atoms with Crippen LogP contribution in [-0.2, 0) is 11.2 Å². The van der Waals surface area contributed by atoms with Gasteiger partial charge in [-0.3, -0.25) is 4.79 Å². The number of anilines is 1. The van der Waals surface area contributed by atoms with Gasteiger partial charge in [-0.05, 0) is 48.4 Å². The van der Waals surface area contributed by atoms with Gasteiger partial charge < -0.3 is 15.9 Å². The number of ether oxygens (including phenoxy) is 1. The zero-order chi connectivity index (χ0) is 19.2. The Balaban J connectivity index is 1.60. The maximum absolute atomic E-state index is 12.2. The van der Waals surface area contributed by atoms with Gasteiger partial charge >= 0.3 is 0 Å². The minimum Gasteiger partial charge on any atom is -0.497 e. The van der Waals surface area contributed by atoms with Crippen molar-refractivity contribution in [3.63, 3.8) is 0 Å². The van der Waals surface area contributed by atoms with E-state index in [9.17, 15) is 4.79 Å². The summed E-state index contributed by atoms with van der Waals surface area (Å²) in [6.45, 7) is 2.09. The largest absolute Gasteiger partial charge is 0.497 e. The first kappa shape index (κ1) is 18.8. The van der Waals surface area contributed by atoms with Crippen LogP contribution in [0.3, 0.4) is 0 Å². The molecule has 140 valence electrons. The lowest BCUT2D eigenvalue weighted by Gasteiger charge is -2.06. The van der Waals surface area contributed by atoms with Crippen LogP contribution in [0, 0.1) is 0 Å². The predicted molar refractivity (Wildman–Crippen MR) is 107 cm³/mol. The first-order valence-corrected chi connectivity index (χ1v) is 9.45. The molecule has 0 atom stereocenters. The standard InChI is InChI=1S/C19H21N5O2S/c1-3-13-4-8-15(9-5-13)21-17(25)12-27-19-23-22-18(24(19)20)14-6-10-16(26-2)11-7-14/h4-11H,3,12,20H2,1-2H3,(H,21,25). The number of methoxy groups -OCH3 is 1. The van der Waals surface area contributed by atoms with E-state index >= 15 is 0 Å². The summed E-state index contributed by atoms with van der Waals surface area (Å²) < 4.78 is 6.53. The molecular formula is C19H21N5O2S. The van der Waals surface area contributed by atoms with Crippen LogP contribution < -0.4 is 15.9 Å². The summed E-state index contributed by atoms with van der Waals surface area (Å²) in [6, 6.07) is 15.2. The van der Waals surface area contributed by atoms with E-state index in [0.717, 1.165) is 23.4 Å². The average Bonchev–Trinajstić information content (AvgIpc) is 3.07. The number of rotatable bonds is 7. The second-order valence-electron chi connectivity index (χ2n) is 5.79. The first-order valence-electron chi connectivity index (χ1n) is 8.47. The molecule has 3 aromatic rings. The Morgan fingerprint density at radius 3 is 2.48 bits per heavy atom. The zero-order valence-corrected chi connectivity index (χ0v) is 16.0. The number of hydrogen-bond acceptors (Lipinski definition) is 6. The highest BCUT2D eigenvalue weighted by Crippen LogP contribution is 2.23. The fraction of sp³-hybridized carbons (Fsp3) is 0.211. The van der Waals surface area contributed by atoms with Crippen LogP contribution in [0.1, 0.15) is 12.5 Å². The molecule has 2 aromatic carbocycles. The summed E-state index contributed by atoms with van der Waals surface area (Å²) in [6.07, 6.45) is 0.965. The molecule has 0 saturated carbocycles. The van der Waals surface area contributed by atoms with E-state index in [0.29, 0.717) is 11.0 Å². The Morgan fingerprint density at radius 1 is 1.15 bits per heavy atom. The van der Waals surface area contributed by atoms with Gasteiger partial charge in [0.05, 0.1) is 12.9 Å². The van der Waals surface area contributed by atoms with Gasteiger partial charge in [0.2, 0.25) is 11.1 Å². The molecule has 0 radical (unpaired) electrons. The van der Waals surface area contributed by atoms with Crippen molar-refractivity contribution in [2.75, 3.05) is 24.0 Å². The van der Waals surface area contributed by atoms with Crippen molar-refractivity contribution in [3.05, 3.63) is 54.1 Å². The smallest absolute Gasteiger partial charge is 0.234 e. The van der Waals surface area contributed by atoms with Crippen LogP contribution in [0.2, 0.25) is 0 Å². The summed E-state index contributed by atoms with van der Waals surface area (Å²) in [7, 11) is 1.61. The molecule has 1 amide bonds. The summed E-state index contributed by atoms with van der Waals surface area (Å²) in [5.41, 5.74) is 2.81. The molecule has 1 heterocycles. The van der Waals surface area contributed by atoms with Gasteiger partial charge in [-0.15, -0.1) is 10.2 Å². The number of aromatic nitrogens is 3. The number of thioether (sulfide) groups is 1. The number of hydrogen-bond donors (Lipinski definition) is 2. The van der Waals surface area contributed by atoms with Crippen molar-refractivity contribution in [2.24, 2.45) is 0 Å². The number of aryl methyl sites for hydroxylation is 1. The van der Waals surface area contributed by atoms with Gasteiger partial charge in [0.25, 0.3) is 0 Å². The van der Waals surface area contributed by atoms with Crippen LogP contribution in [0.25, 0.3) is 11.4 Å². The van der Waals surface area contributed by atoms with Crippen molar-refractivity contribution < 1.29 is 9.53 Å². The summed E-state index contributed by atoms with van der Waals surface area (Å²) in [4.78, 5) is 12.2. The molecule has 0 aliphatic heterocycles. The third-order valence-corrected chi connectivity index (χ3v) is 4.93. The highest BCUT2D eigenvalue weighted by Gasteiger charge is 2.14. The van der Waals surface area contributed by atoms with E-state index in [1.165, 1.54) is 22.0 Å². The lowest BCUT2D eigenvalue weighted by Crippen LogP contribution is -2.16. The molecule has 0 aliphatic carbocycles. The summed E-state index contributed by atoms with van der Waals surface area (Å²) in [5.74, 6) is 7.42. The quantitative estimate of drug-likeness (QED) is 0.481. The van der Waals surface area contributed by atoms with E-state index in [2.05, 4.69) is 22.4 Å². The topological polar surface area (TPSA) is 95.1 Å². The predicted octanol–water partition coefficient (Wildman–Crippen LogP) is 2.96. The number of nitrogens with zero attached hydrogens (tertiary/aromatic N) is 3. The Hall–Kier alpha value is -3.00. The number of nitrogens with two attached hydrogens (primary N) is 1. The van der Waals surface area contributed by atoms with Crippen molar-refractivity contribution >= 4 is 23.4 Å². The molecule has 0 spiro atoms. The molecule has 1 aromatic heterocycles. The third-order valence-electron chi connectivity index (χ3n) is 3.99. The van der Waals surface area contributed by atoms with E-state index in [-0.39, 0.29) is 11.7 Å². The minimum atomic E-state index is -0.127. The first-order chi connectivity index (χ1) is 13.1. The zero-order valence-electron chi connectivity index (χ0n) is 15.2. The second-order valence-corrected chi connectivity index (χ2v) is 6.73. The lowest BCUT2D eigenvalue weighted by molar-refractivity contribution is -0.113. The lowest BCUT2D eigenvalue weighted by atomic mass is 10.1. The summed E-state index contributed by atoms with van der Waals surface area (Å²) >= 11 is 1.23. The number of nitrogens with one attached hydrogen (secondary N) is 1. The molecule has 0 bridgehead atoms. The molecule has 3 N–H and O–H groups in total. The highest BCUT2D eigenvalue weighted by atomic mass is 32.2. The highest BCUT2D eigenvalue weighted by molar-refractivity contribution is 7.99. The van der Waals surface area contributed by atoms with Crippen molar-refractivity contribution in [2.45, 2.75) is 18.5 Å². The Morgan fingerprint density at radius 2 is 1.85 bits per heavy atom. The maximum atomic E-state index is 12.2. The van der Waals surface area contributed by atoms with Gasteiger partial charge in [-0.25, -0.2) is 4.68 Å².